The Balaban J connectivity index is 1.59. The minimum absolute atomic E-state index is 0.678. The van der Waals surface area contributed by atoms with E-state index in [1.165, 1.54) is 5.56 Å². The SMILES string of the molecule is N#Cc1ccc(/C=C/c2ccc(CNc3ccccn3)cc2)cc1. The number of benzene rings is 2. The molecular weight excluding hydrogens is 294 g/mol. The van der Waals surface area contributed by atoms with Crippen LogP contribution in [0.4, 0.5) is 5.82 Å². The lowest BCUT2D eigenvalue weighted by Gasteiger charge is -2.05. The summed E-state index contributed by atoms with van der Waals surface area (Å²) in [4.78, 5) is 4.24. The average Bonchev–Trinajstić information content (AvgIpc) is 2.67. The molecule has 0 amide bonds. The van der Waals surface area contributed by atoms with Gasteiger partial charge in [-0.2, -0.15) is 5.26 Å². The third-order valence-electron chi connectivity index (χ3n) is 3.63. The maximum Gasteiger partial charge on any atom is 0.126 e. The van der Waals surface area contributed by atoms with Crippen LogP contribution in [-0.4, -0.2) is 4.98 Å². The van der Waals surface area contributed by atoms with Crippen molar-refractivity contribution in [2.24, 2.45) is 0 Å². The number of nitriles is 1. The van der Waals surface area contributed by atoms with Crippen LogP contribution in [0, 0.1) is 11.3 Å². The molecule has 0 aliphatic carbocycles. The van der Waals surface area contributed by atoms with Gasteiger partial charge in [-0.05, 0) is 41.0 Å². The first-order valence-corrected chi connectivity index (χ1v) is 7.75. The molecule has 0 aliphatic heterocycles. The highest BCUT2D eigenvalue weighted by atomic mass is 15.0. The lowest BCUT2D eigenvalue weighted by Crippen LogP contribution is -2.00. The molecule has 0 aliphatic rings. The van der Waals surface area contributed by atoms with Crippen LogP contribution in [-0.2, 0) is 6.54 Å². The molecule has 0 saturated heterocycles. The van der Waals surface area contributed by atoms with Gasteiger partial charge in [0, 0.05) is 12.7 Å². The molecule has 0 unspecified atom stereocenters. The van der Waals surface area contributed by atoms with Crippen LogP contribution in [0.1, 0.15) is 22.3 Å². The summed E-state index contributed by atoms with van der Waals surface area (Å²) in [6.45, 7) is 0.747. The maximum atomic E-state index is 8.80. The molecule has 1 aromatic heterocycles. The van der Waals surface area contributed by atoms with Gasteiger partial charge >= 0.3 is 0 Å². The molecule has 116 valence electrons. The topological polar surface area (TPSA) is 48.7 Å². The fraction of sp³-hybridized carbons (Fsp3) is 0.0476. The Morgan fingerprint density at radius 1 is 0.875 bits per heavy atom. The van der Waals surface area contributed by atoms with Crippen LogP contribution in [0.2, 0.25) is 0 Å². The van der Waals surface area contributed by atoms with Crippen molar-refractivity contribution in [3.8, 4) is 6.07 Å². The van der Waals surface area contributed by atoms with E-state index in [1.807, 2.05) is 48.5 Å². The highest BCUT2D eigenvalue weighted by Gasteiger charge is 1.95. The fourth-order valence-corrected chi connectivity index (χ4v) is 2.27. The molecule has 1 heterocycles. The quantitative estimate of drug-likeness (QED) is 0.693. The lowest BCUT2D eigenvalue weighted by molar-refractivity contribution is 1.11. The monoisotopic (exact) mass is 311 g/mol. The highest BCUT2D eigenvalue weighted by Crippen LogP contribution is 2.12. The molecule has 24 heavy (non-hydrogen) atoms. The van der Waals surface area contributed by atoms with Gasteiger partial charge in [0.15, 0.2) is 0 Å². The van der Waals surface area contributed by atoms with Gasteiger partial charge in [0.05, 0.1) is 11.6 Å². The van der Waals surface area contributed by atoms with Gasteiger partial charge in [0.2, 0.25) is 0 Å². The number of nitrogens with zero attached hydrogens (tertiary/aromatic N) is 2. The van der Waals surface area contributed by atoms with E-state index in [1.54, 1.807) is 6.20 Å². The van der Waals surface area contributed by atoms with Crippen molar-refractivity contribution in [2.75, 3.05) is 5.32 Å². The first-order valence-electron chi connectivity index (χ1n) is 7.75. The smallest absolute Gasteiger partial charge is 0.126 e. The Labute approximate surface area is 141 Å². The summed E-state index contributed by atoms with van der Waals surface area (Å²) in [5.41, 5.74) is 4.10. The first kappa shape index (κ1) is 15.5. The Bertz CT molecular complexity index is 842. The minimum atomic E-state index is 0.678. The predicted molar refractivity (Wildman–Crippen MR) is 98.1 cm³/mol. The van der Waals surface area contributed by atoms with E-state index in [0.29, 0.717) is 5.56 Å². The normalized spacial score (nSPS) is 10.5. The summed E-state index contributed by atoms with van der Waals surface area (Å²) in [6.07, 6.45) is 5.89. The zero-order valence-corrected chi connectivity index (χ0v) is 13.2. The molecule has 2 aromatic carbocycles. The van der Waals surface area contributed by atoms with Gasteiger partial charge in [-0.1, -0.05) is 54.6 Å². The highest BCUT2D eigenvalue weighted by molar-refractivity contribution is 5.69. The van der Waals surface area contributed by atoms with E-state index >= 15 is 0 Å². The van der Waals surface area contributed by atoms with Crippen LogP contribution < -0.4 is 5.32 Å². The average molecular weight is 311 g/mol. The van der Waals surface area contributed by atoms with Crippen molar-refractivity contribution in [2.45, 2.75) is 6.54 Å². The number of anilines is 1. The number of nitrogens with one attached hydrogen (secondary N) is 1. The maximum absolute atomic E-state index is 8.80. The van der Waals surface area contributed by atoms with Crippen molar-refractivity contribution in [1.29, 1.82) is 5.26 Å². The predicted octanol–water partition coefficient (Wildman–Crippen LogP) is 4.74. The van der Waals surface area contributed by atoms with Crippen molar-refractivity contribution in [3.05, 3.63) is 95.2 Å². The Morgan fingerprint density at radius 3 is 2.12 bits per heavy atom. The molecule has 3 nitrogen and oxygen atoms in total. The summed E-state index contributed by atoms with van der Waals surface area (Å²) >= 11 is 0. The van der Waals surface area contributed by atoms with Crippen molar-refractivity contribution in [1.82, 2.24) is 4.98 Å². The fourth-order valence-electron chi connectivity index (χ4n) is 2.27. The molecule has 3 rings (SSSR count). The number of rotatable bonds is 5. The summed E-state index contributed by atoms with van der Waals surface area (Å²) in [6, 6.07) is 23.9. The molecule has 0 bridgehead atoms. The summed E-state index contributed by atoms with van der Waals surface area (Å²) in [5, 5.41) is 12.1. The van der Waals surface area contributed by atoms with Crippen molar-refractivity contribution < 1.29 is 0 Å². The number of aromatic nitrogens is 1. The minimum Gasteiger partial charge on any atom is -0.366 e. The van der Waals surface area contributed by atoms with Crippen molar-refractivity contribution in [3.63, 3.8) is 0 Å². The zero-order chi connectivity index (χ0) is 16.6. The number of hydrogen-bond donors (Lipinski definition) is 1. The molecule has 3 heteroatoms. The molecule has 0 fully saturated rings. The number of pyridine rings is 1. The third-order valence-corrected chi connectivity index (χ3v) is 3.63. The van der Waals surface area contributed by atoms with Gasteiger partial charge in [0.25, 0.3) is 0 Å². The second kappa shape index (κ2) is 7.75. The standard InChI is InChI=1S/C21H17N3/c22-15-19-10-6-17(7-11-19)4-5-18-8-12-20(13-9-18)16-24-21-3-1-2-14-23-21/h1-14H,16H2,(H,23,24)/b5-4+. The molecule has 0 saturated carbocycles. The molecule has 1 N–H and O–H groups in total. The second-order valence-corrected chi connectivity index (χ2v) is 5.38. The van der Waals surface area contributed by atoms with Crippen LogP contribution >= 0.6 is 0 Å². The summed E-state index contributed by atoms with van der Waals surface area (Å²) < 4.78 is 0. The van der Waals surface area contributed by atoms with Crippen LogP contribution in [0.15, 0.2) is 72.9 Å². The van der Waals surface area contributed by atoms with Gasteiger partial charge in [-0.15, -0.1) is 0 Å². The summed E-state index contributed by atoms with van der Waals surface area (Å²) in [7, 11) is 0. The Kier molecular flexibility index (Phi) is 5.01. The van der Waals surface area contributed by atoms with E-state index < -0.39 is 0 Å². The molecule has 3 aromatic rings. The number of hydrogen-bond acceptors (Lipinski definition) is 3. The van der Waals surface area contributed by atoms with Gasteiger partial charge in [-0.25, -0.2) is 4.98 Å². The summed E-state index contributed by atoms with van der Waals surface area (Å²) in [5.74, 6) is 0.877. The van der Waals surface area contributed by atoms with Crippen LogP contribution in [0.25, 0.3) is 12.2 Å². The molecule has 0 atom stereocenters. The van der Waals surface area contributed by atoms with E-state index in [2.05, 4.69) is 46.7 Å². The van der Waals surface area contributed by atoms with Gasteiger partial charge in [0.1, 0.15) is 5.82 Å². The molecule has 0 radical (unpaired) electrons. The Morgan fingerprint density at radius 2 is 1.54 bits per heavy atom. The Hall–Kier alpha value is -3.38. The van der Waals surface area contributed by atoms with E-state index in [4.69, 9.17) is 5.26 Å². The second-order valence-electron chi connectivity index (χ2n) is 5.38. The van der Waals surface area contributed by atoms with Gasteiger partial charge in [-0.3, -0.25) is 0 Å². The van der Waals surface area contributed by atoms with Crippen LogP contribution in [0.3, 0.4) is 0 Å². The van der Waals surface area contributed by atoms with Crippen molar-refractivity contribution >= 4 is 18.0 Å². The van der Waals surface area contributed by atoms with E-state index in [9.17, 15) is 0 Å². The largest absolute Gasteiger partial charge is 0.366 e. The third kappa shape index (κ3) is 4.31. The van der Waals surface area contributed by atoms with Gasteiger partial charge < -0.3 is 5.32 Å². The van der Waals surface area contributed by atoms with Crippen LogP contribution in [0.5, 0.6) is 0 Å². The zero-order valence-electron chi connectivity index (χ0n) is 13.2. The molecule has 0 spiro atoms. The molecular formula is C21H17N3. The lowest BCUT2D eigenvalue weighted by atomic mass is 10.1. The van der Waals surface area contributed by atoms with E-state index in [0.717, 1.165) is 23.5 Å². The first-order chi connectivity index (χ1) is 11.8. The van der Waals surface area contributed by atoms with E-state index in [-0.39, 0.29) is 0 Å².